The van der Waals surface area contributed by atoms with E-state index in [1.54, 1.807) is 12.1 Å². The molecule has 0 bridgehead atoms. The molecule has 2 N–H and O–H groups in total. The molecule has 0 saturated heterocycles. The molecule has 0 saturated carbocycles. The molecule has 0 aliphatic carbocycles. The maximum atomic E-state index is 13.6. The second-order valence-corrected chi connectivity index (χ2v) is 5.43. The zero-order chi connectivity index (χ0) is 15.1. The molecule has 1 aromatic heterocycles. The quantitative estimate of drug-likeness (QED) is 0.912. The van der Waals surface area contributed by atoms with Gasteiger partial charge in [-0.15, -0.1) is 0 Å². The van der Waals surface area contributed by atoms with E-state index in [0.717, 1.165) is 11.4 Å². The predicted octanol–water partition coefficient (Wildman–Crippen LogP) is 3.92. The highest BCUT2D eigenvalue weighted by molar-refractivity contribution is 6.32. The highest BCUT2D eigenvalue weighted by atomic mass is 35.5. The van der Waals surface area contributed by atoms with Gasteiger partial charge in [0.25, 0.3) is 0 Å². The minimum atomic E-state index is -0.309. The molecule has 1 aliphatic rings. The number of nitrogens with zero attached hydrogens (tertiary/aromatic N) is 2. The van der Waals surface area contributed by atoms with Crippen LogP contribution in [-0.2, 0) is 0 Å². The average molecular weight is 304 g/mol. The molecule has 2 heterocycles. The Balaban J connectivity index is 2.19. The Kier molecular flexibility index (Phi) is 3.35. The number of hydrogen-bond acceptors (Lipinski definition) is 2. The van der Waals surface area contributed by atoms with Crippen molar-refractivity contribution in [3.63, 3.8) is 0 Å². The van der Waals surface area contributed by atoms with E-state index in [-0.39, 0.29) is 11.9 Å². The van der Waals surface area contributed by atoms with Gasteiger partial charge in [-0.25, -0.2) is 4.39 Å². The molecule has 5 heteroatoms. The molecule has 1 unspecified atom stereocenters. The largest absolute Gasteiger partial charge is 0.323 e. The third-order valence-corrected chi connectivity index (χ3v) is 3.78. The minimum Gasteiger partial charge on any atom is -0.323 e. The zero-order valence-electron chi connectivity index (χ0n) is 11.6. The summed E-state index contributed by atoms with van der Waals surface area (Å²) in [4.78, 5) is 1.84. The van der Waals surface area contributed by atoms with Crippen molar-refractivity contribution in [1.29, 1.82) is 0 Å². The van der Waals surface area contributed by atoms with E-state index in [1.807, 2.05) is 34.9 Å². The van der Waals surface area contributed by atoms with Gasteiger partial charge in [0.05, 0.1) is 22.1 Å². The highest BCUT2D eigenvalue weighted by Crippen LogP contribution is 2.38. The monoisotopic (exact) mass is 303 g/mol. The van der Waals surface area contributed by atoms with E-state index >= 15 is 0 Å². The fraction of sp³-hybridized carbons (Fsp3) is 0.125. The lowest BCUT2D eigenvalue weighted by Gasteiger charge is -2.35. The third kappa shape index (κ3) is 2.26. The molecule has 3 nitrogen and oxygen atoms in total. The molecular weight excluding hydrogens is 289 g/mol. The molecular formula is C16H15ClFN3. The van der Waals surface area contributed by atoms with Crippen molar-refractivity contribution in [3.05, 3.63) is 65.3 Å². The summed E-state index contributed by atoms with van der Waals surface area (Å²) in [5, 5.41) is 0.598. The topological polar surface area (TPSA) is 34.2 Å². The van der Waals surface area contributed by atoms with Gasteiger partial charge in [0.2, 0.25) is 0 Å². The van der Waals surface area contributed by atoms with Crippen LogP contribution in [-0.4, -0.2) is 10.6 Å². The smallest absolute Gasteiger partial charge is 0.125 e. The summed E-state index contributed by atoms with van der Waals surface area (Å²) >= 11 is 6.22. The number of hydrogen-bond donors (Lipinski definition) is 1. The summed E-state index contributed by atoms with van der Waals surface area (Å²) < 4.78 is 15.4. The van der Waals surface area contributed by atoms with Crippen LogP contribution in [0.4, 0.5) is 10.1 Å². The number of halogens is 2. The Bertz CT molecular complexity index is 746. The van der Waals surface area contributed by atoms with Crippen molar-refractivity contribution in [1.82, 2.24) is 4.57 Å². The Labute approximate surface area is 127 Å². The van der Waals surface area contributed by atoms with Crippen molar-refractivity contribution in [2.45, 2.75) is 13.0 Å². The van der Waals surface area contributed by atoms with Crippen LogP contribution in [0.2, 0.25) is 5.02 Å². The maximum Gasteiger partial charge on any atom is 0.125 e. The van der Waals surface area contributed by atoms with Crippen LogP contribution in [0.15, 0.2) is 48.8 Å². The van der Waals surface area contributed by atoms with Crippen molar-refractivity contribution >= 4 is 29.2 Å². The molecule has 0 radical (unpaired) electrons. The molecule has 0 fully saturated rings. The fourth-order valence-corrected chi connectivity index (χ4v) is 2.78. The fourth-order valence-electron chi connectivity index (χ4n) is 2.52. The Hall–Kier alpha value is -2.04. The lowest BCUT2D eigenvalue weighted by Crippen LogP contribution is -2.35. The van der Waals surface area contributed by atoms with Gasteiger partial charge in [0.1, 0.15) is 5.82 Å². The summed E-state index contributed by atoms with van der Waals surface area (Å²) in [6.07, 6.45) is 3.75. The molecule has 0 spiro atoms. The van der Waals surface area contributed by atoms with Gasteiger partial charge < -0.3 is 15.2 Å². The number of fused-ring (bicyclic) bond motifs is 1. The van der Waals surface area contributed by atoms with Gasteiger partial charge >= 0.3 is 0 Å². The first-order valence-electron chi connectivity index (χ1n) is 6.57. The average Bonchev–Trinajstić information content (AvgIpc) is 2.80. The second kappa shape index (κ2) is 5.06. The van der Waals surface area contributed by atoms with Gasteiger partial charge in [-0.05, 0) is 31.2 Å². The van der Waals surface area contributed by atoms with Gasteiger partial charge in [0, 0.05) is 24.1 Å². The highest BCUT2D eigenvalue weighted by Gasteiger charge is 2.27. The number of aromatic nitrogens is 1. The van der Waals surface area contributed by atoms with Gasteiger partial charge in [-0.1, -0.05) is 24.2 Å². The van der Waals surface area contributed by atoms with Crippen molar-refractivity contribution in [2.75, 3.05) is 4.90 Å². The van der Waals surface area contributed by atoms with Crippen LogP contribution in [0.1, 0.15) is 12.6 Å². The predicted molar refractivity (Wildman–Crippen MR) is 85.3 cm³/mol. The Morgan fingerprint density at radius 2 is 2.10 bits per heavy atom. The number of rotatable bonds is 2. The molecule has 108 valence electrons. The standard InChI is InChI=1S/C16H15ClFN3/c1-10(19)15-9-20-7-6-14(17)16(20)11(2)21(15)13-5-3-4-12(18)8-13/h3-10H,2,19H2,1H3. The number of benzene rings is 1. The Morgan fingerprint density at radius 3 is 2.76 bits per heavy atom. The second-order valence-electron chi connectivity index (χ2n) is 5.02. The van der Waals surface area contributed by atoms with Crippen molar-refractivity contribution < 1.29 is 4.39 Å². The maximum absolute atomic E-state index is 13.6. The summed E-state index contributed by atoms with van der Waals surface area (Å²) in [7, 11) is 0. The molecule has 1 aromatic carbocycles. The summed E-state index contributed by atoms with van der Waals surface area (Å²) in [5.41, 5.74) is 9.02. The lowest BCUT2D eigenvalue weighted by molar-refractivity contribution is 0.627. The van der Waals surface area contributed by atoms with E-state index in [4.69, 9.17) is 17.3 Å². The molecule has 3 rings (SSSR count). The van der Waals surface area contributed by atoms with Crippen LogP contribution in [0.25, 0.3) is 11.9 Å². The zero-order valence-corrected chi connectivity index (χ0v) is 12.3. The number of anilines is 1. The summed E-state index contributed by atoms with van der Waals surface area (Å²) in [5.74, 6) is -0.309. The first-order chi connectivity index (χ1) is 9.99. The van der Waals surface area contributed by atoms with Gasteiger partial charge in [0.15, 0.2) is 0 Å². The van der Waals surface area contributed by atoms with Crippen LogP contribution >= 0.6 is 11.6 Å². The van der Waals surface area contributed by atoms with Crippen molar-refractivity contribution in [2.24, 2.45) is 5.73 Å². The number of nitrogens with two attached hydrogens (primary N) is 1. The van der Waals surface area contributed by atoms with Gasteiger partial charge in [-0.2, -0.15) is 0 Å². The normalized spacial score (nSPS) is 15.7. The molecule has 21 heavy (non-hydrogen) atoms. The van der Waals surface area contributed by atoms with E-state index in [1.165, 1.54) is 12.1 Å². The SMILES string of the molecule is C=C1c2c(Cl)ccn2C=C(C(C)N)N1c1cccc(F)c1. The summed E-state index contributed by atoms with van der Waals surface area (Å²) in [6.45, 7) is 5.99. The minimum absolute atomic E-state index is 0.237. The van der Waals surface area contributed by atoms with Crippen LogP contribution < -0.4 is 10.6 Å². The molecule has 2 aromatic rings. The molecule has 0 amide bonds. The van der Waals surface area contributed by atoms with Crippen LogP contribution in [0, 0.1) is 5.82 Å². The van der Waals surface area contributed by atoms with Gasteiger partial charge in [-0.3, -0.25) is 0 Å². The van der Waals surface area contributed by atoms with E-state index in [2.05, 4.69) is 6.58 Å². The summed E-state index contributed by atoms with van der Waals surface area (Å²) in [6, 6.07) is 7.89. The van der Waals surface area contributed by atoms with E-state index in [9.17, 15) is 4.39 Å². The van der Waals surface area contributed by atoms with E-state index in [0.29, 0.717) is 16.4 Å². The van der Waals surface area contributed by atoms with Crippen molar-refractivity contribution in [3.8, 4) is 0 Å². The molecule has 1 atom stereocenters. The lowest BCUT2D eigenvalue weighted by atomic mass is 10.1. The van der Waals surface area contributed by atoms with Crippen LogP contribution in [0.5, 0.6) is 0 Å². The first-order valence-corrected chi connectivity index (χ1v) is 6.95. The first kappa shape index (κ1) is 13.9. The Morgan fingerprint density at radius 1 is 1.33 bits per heavy atom. The molecule has 1 aliphatic heterocycles. The van der Waals surface area contributed by atoms with E-state index < -0.39 is 0 Å². The third-order valence-electron chi connectivity index (χ3n) is 3.47. The van der Waals surface area contributed by atoms with Crippen LogP contribution in [0.3, 0.4) is 0 Å².